The van der Waals surface area contributed by atoms with E-state index in [0.717, 1.165) is 25.9 Å². The second-order valence-corrected chi connectivity index (χ2v) is 5.60. The minimum atomic E-state index is -0.0311. The highest BCUT2D eigenvalue weighted by Crippen LogP contribution is 2.21. The molecular formula is C15H22N2O. The summed E-state index contributed by atoms with van der Waals surface area (Å²) in [5.41, 5.74) is 1.23. The maximum Gasteiger partial charge on any atom is 0.317 e. The molecule has 0 unspecified atom stereocenters. The van der Waals surface area contributed by atoms with Crippen molar-refractivity contribution in [3.8, 4) is 0 Å². The molecule has 1 heterocycles. The molecule has 1 aliphatic rings. The number of carbonyl (C=O) groups is 1. The van der Waals surface area contributed by atoms with Crippen LogP contribution in [-0.2, 0) is 5.41 Å². The number of rotatable bonds is 3. The maximum absolute atomic E-state index is 11.9. The molecule has 98 valence electrons. The summed E-state index contributed by atoms with van der Waals surface area (Å²) in [5.74, 6) is 0. The number of carbonyl (C=O) groups excluding carboxylic acids is 1. The summed E-state index contributed by atoms with van der Waals surface area (Å²) in [4.78, 5) is 13.8. The molecule has 0 spiro atoms. The van der Waals surface area contributed by atoms with Crippen molar-refractivity contribution >= 4 is 6.03 Å². The normalized spacial score (nSPS) is 15.8. The van der Waals surface area contributed by atoms with Crippen molar-refractivity contribution in [2.24, 2.45) is 0 Å². The topological polar surface area (TPSA) is 32.3 Å². The van der Waals surface area contributed by atoms with E-state index < -0.39 is 0 Å². The zero-order chi connectivity index (χ0) is 13.0. The van der Waals surface area contributed by atoms with Gasteiger partial charge in [0.2, 0.25) is 0 Å². The van der Waals surface area contributed by atoms with Gasteiger partial charge < -0.3 is 10.2 Å². The average Bonchev–Trinajstić information content (AvgIpc) is 2.91. The van der Waals surface area contributed by atoms with Crippen LogP contribution in [0.4, 0.5) is 4.79 Å². The smallest absolute Gasteiger partial charge is 0.317 e. The number of nitrogens with one attached hydrogen (secondary N) is 1. The molecule has 2 rings (SSSR count). The van der Waals surface area contributed by atoms with E-state index in [9.17, 15) is 4.79 Å². The molecule has 0 radical (unpaired) electrons. The number of urea groups is 1. The van der Waals surface area contributed by atoms with Gasteiger partial charge in [-0.1, -0.05) is 44.2 Å². The van der Waals surface area contributed by atoms with E-state index in [1.165, 1.54) is 5.56 Å². The van der Waals surface area contributed by atoms with Gasteiger partial charge in [-0.3, -0.25) is 0 Å². The van der Waals surface area contributed by atoms with Crippen LogP contribution in [0.3, 0.4) is 0 Å². The number of amides is 2. The lowest BCUT2D eigenvalue weighted by Gasteiger charge is -2.27. The molecule has 0 saturated carbocycles. The molecule has 0 aromatic heterocycles. The summed E-state index contributed by atoms with van der Waals surface area (Å²) in [6, 6.07) is 10.4. The standard InChI is InChI=1S/C15H22N2O/c1-15(2,13-8-4-3-5-9-13)12-16-14(18)17-10-6-7-11-17/h3-5,8-9H,6-7,10-12H2,1-2H3,(H,16,18). The third-order valence-corrected chi connectivity index (χ3v) is 3.63. The van der Waals surface area contributed by atoms with E-state index >= 15 is 0 Å². The van der Waals surface area contributed by atoms with E-state index in [1.54, 1.807) is 0 Å². The Bertz CT molecular complexity index is 394. The highest BCUT2D eigenvalue weighted by molar-refractivity contribution is 5.74. The van der Waals surface area contributed by atoms with Gasteiger partial charge in [0.15, 0.2) is 0 Å². The first kappa shape index (κ1) is 12.9. The molecule has 18 heavy (non-hydrogen) atoms. The molecule has 1 fully saturated rings. The van der Waals surface area contributed by atoms with Gasteiger partial charge >= 0.3 is 6.03 Å². The Hall–Kier alpha value is -1.51. The zero-order valence-electron chi connectivity index (χ0n) is 11.3. The molecule has 2 amide bonds. The van der Waals surface area contributed by atoms with Crippen LogP contribution in [-0.4, -0.2) is 30.6 Å². The zero-order valence-corrected chi connectivity index (χ0v) is 11.3. The van der Waals surface area contributed by atoms with Gasteiger partial charge in [0.1, 0.15) is 0 Å². The molecule has 0 atom stereocenters. The van der Waals surface area contributed by atoms with Crippen molar-refractivity contribution in [1.82, 2.24) is 10.2 Å². The molecule has 1 aromatic rings. The van der Waals surface area contributed by atoms with Gasteiger partial charge in [-0.2, -0.15) is 0 Å². The fraction of sp³-hybridized carbons (Fsp3) is 0.533. The first-order valence-corrected chi connectivity index (χ1v) is 6.68. The third kappa shape index (κ3) is 3.03. The predicted molar refractivity (Wildman–Crippen MR) is 73.7 cm³/mol. The highest BCUT2D eigenvalue weighted by atomic mass is 16.2. The van der Waals surface area contributed by atoms with Gasteiger partial charge in [-0.15, -0.1) is 0 Å². The molecule has 1 N–H and O–H groups in total. The van der Waals surface area contributed by atoms with Crippen LogP contribution in [0.5, 0.6) is 0 Å². The monoisotopic (exact) mass is 246 g/mol. The molecular weight excluding hydrogens is 224 g/mol. The second kappa shape index (κ2) is 5.42. The number of hydrogen-bond donors (Lipinski definition) is 1. The van der Waals surface area contributed by atoms with E-state index in [1.807, 2.05) is 23.1 Å². The maximum atomic E-state index is 11.9. The lowest BCUT2D eigenvalue weighted by atomic mass is 9.85. The van der Waals surface area contributed by atoms with Crippen LogP contribution in [0.2, 0.25) is 0 Å². The number of nitrogens with zero attached hydrogens (tertiary/aromatic N) is 1. The molecule has 0 bridgehead atoms. The Morgan fingerprint density at radius 3 is 2.44 bits per heavy atom. The van der Waals surface area contributed by atoms with Crippen molar-refractivity contribution in [3.63, 3.8) is 0 Å². The van der Waals surface area contributed by atoms with Crippen molar-refractivity contribution in [2.75, 3.05) is 19.6 Å². The first-order valence-electron chi connectivity index (χ1n) is 6.68. The summed E-state index contributed by atoms with van der Waals surface area (Å²) in [6.07, 6.45) is 2.27. The highest BCUT2D eigenvalue weighted by Gasteiger charge is 2.23. The van der Waals surface area contributed by atoms with Crippen LogP contribution in [0.25, 0.3) is 0 Å². The van der Waals surface area contributed by atoms with Crippen molar-refractivity contribution in [2.45, 2.75) is 32.1 Å². The van der Waals surface area contributed by atoms with Crippen molar-refractivity contribution < 1.29 is 4.79 Å². The molecule has 1 aromatic carbocycles. The SMILES string of the molecule is CC(C)(CNC(=O)N1CCCC1)c1ccccc1. The molecule has 1 aliphatic heterocycles. The van der Waals surface area contributed by atoms with Gasteiger partial charge in [-0.25, -0.2) is 4.79 Å². The summed E-state index contributed by atoms with van der Waals surface area (Å²) in [7, 11) is 0. The van der Waals surface area contributed by atoms with Crippen LogP contribution in [0.15, 0.2) is 30.3 Å². The fourth-order valence-corrected chi connectivity index (χ4v) is 2.32. The summed E-state index contributed by atoms with van der Waals surface area (Å²) in [5, 5.41) is 3.05. The van der Waals surface area contributed by atoms with E-state index in [2.05, 4.69) is 31.3 Å². The Labute approximate surface area is 109 Å². The van der Waals surface area contributed by atoms with Crippen molar-refractivity contribution in [1.29, 1.82) is 0 Å². The summed E-state index contributed by atoms with van der Waals surface area (Å²) < 4.78 is 0. The minimum Gasteiger partial charge on any atom is -0.337 e. The van der Waals surface area contributed by atoms with Crippen LogP contribution in [0, 0.1) is 0 Å². The van der Waals surface area contributed by atoms with Gasteiger partial charge in [0.25, 0.3) is 0 Å². The Morgan fingerprint density at radius 2 is 1.83 bits per heavy atom. The largest absolute Gasteiger partial charge is 0.337 e. The van der Waals surface area contributed by atoms with Gasteiger partial charge in [0.05, 0.1) is 0 Å². The molecule has 0 aliphatic carbocycles. The second-order valence-electron chi connectivity index (χ2n) is 5.60. The van der Waals surface area contributed by atoms with Crippen LogP contribution >= 0.6 is 0 Å². The number of hydrogen-bond acceptors (Lipinski definition) is 1. The third-order valence-electron chi connectivity index (χ3n) is 3.63. The van der Waals surface area contributed by atoms with E-state index in [-0.39, 0.29) is 11.4 Å². The van der Waals surface area contributed by atoms with Gasteiger partial charge in [0, 0.05) is 25.0 Å². The lowest BCUT2D eigenvalue weighted by molar-refractivity contribution is 0.206. The van der Waals surface area contributed by atoms with Crippen molar-refractivity contribution in [3.05, 3.63) is 35.9 Å². The Kier molecular flexibility index (Phi) is 3.90. The Morgan fingerprint density at radius 1 is 1.22 bits per heavy atom. The van der Waals surface area contributed by atoms with E-state index in [4.69, 9.17) is 0 Å². The lowest BCUT2D eigenvalue weighted by Crippen LogP contribution is -2.43. The number of benzene rings is 1. The fourth-order valence-electron chi connectivity index (χ4n) is 2.32. The van der Waals surface area contributed by atoms with E-state index in [0.29, 0.717) is 6.54 Å². The summed E-state index contributed by atoms with van der Waals surface area (Å²) in [6.45, 7) is 6.79. The summed E-state index contributed by atoms with van der Waals surface area (Å²) >= 11 is 0. The minimum absolute atomic E-state index is 0.0311. The molecule has 3 nitrogen and oxygen atoms in total. The Balaban J connectivity index is 1.90. The average molecular weight is 246 g/mol. The molecule has 1 saturated heterocycles. The molecule has 3 heteroatoms. The van der Waals surface area contributed by atoms with Gasteiger partial charge in [-0.05, 0) is 18.4 Å². The predicted octanol–water partition coefficient (Wildman–Crippen LogP) is 2.77. The number of likely N-dealkylation sites (tertiary alicyclic amines) is 1. The van der Waals surface area contributed by atoms with Crippen LogP contribution in [0.1, 0.15) is 32.3 Å². The van der Waals surface area contributed by atoms with Crippen LogP contribution < -0.4 is 5.32 Å². The quantitative estimate of drug-likeness (QED) is 0.874. The first-order chi connectivity index (χ1) is 8.59.